The molecule has 118 valence electrons. The molecule has 0 aliphatic carbocycles. The Hall–Kier alpha value is -1.08. The predicted molar refractivity (Wildman–Crippen MR) is 85.8 cm³/mol. The lowest BCUT2D eigenvalue weighted by atomic mass is 10.1. The zero-order chi connectivity index (χ0) is 16.0. The number of carbonyl (C=O) groups is 2. The van der Waals surface area contributed by atoms with Crippen molar-refractivity contribution in [2.24, 2.45) is 0 Å². The van der Waals surface area contributed by atoms with Crippen LogP contribution in [-0.2, 0) is 16.0 Å². The monoisotopic (exact) mass is 377 g/mol. The van der Waals surface area contributed by atoms with Gasteiger partial charge in [0.1, 0.15) is 5.60 Å². The van der Waals surface area contributed by atoms with Gasteiger partial charge in [0.2, 0.25) is 0 Å². The highest BCUT2D eigenvalue weighted by atomic mass is 79.9. The zero-order valence-electron chi connectivity index (χ0n) is 12.3. The van der Waals surface area contributed by atoms with Crippen LogP contribution in [0.25, 0.3) is 0 Å². The van der Waals surface area contributed by atoms with Crippen molar-refractivity contribution in [2.45, 2.75) is 51.7 Å². The third kappa shape index (κ3) is 7.47. The van der Waals surface area contributed by atoms with Gasteiger partial charge >= 0.3 is 12.1 Å². The first-order chi connectivity index (χ1) is 9.67. The van der Waals surface area contributed by atoms with E-state index in [0.717, 1.165) is 9.35 Å². The second-order valence-electron chi connectivity index (χ2n) is 5.67. The van der Waals surface area contributed by atoms with Crippen LogP contribution in [0.3, 0.4) is 0 Å². The van der Waals surface area contributed by atoms with Gasteiger partial charge < -0.3 is 15.2 Å². The second kappa shape index (κ2) is 7.79. The van der Waals surface area contributed by atoms with Crippen molar-refractivity contribution in [2.75, 3.05) is 0 Å². The summed E-state index contributed by atoms with van der Waals surface area (Å²) in [5.74, 6) is -0.878. The lowest BCUT2D eigenvalue weighted by molar-refractivity contribution is -0.137. The number of alkyl carbamates (subject to hydrolysis) is 1. The number of ether oxygens (including phenoxy) is 1. The minimum atomic E-state index is -0.878. The molecule has 1 aromatic rings. The van der Waals surface area contributed by atoms with Crippen LogP contribution in [0.2, 0.25) is 0 Å². The van der Waals surface area contributed by atoms with Crippen LogP contribution in [-0.4, -0.2) is 28.8 Å². The lowest BCUT2D eigenvalue weighted by Crippen LogP contribution is -2.40. The highest BCUT2D eigenvalue weighted by Crippen LogP contribution is 2.25. The van der Waals surface area contributed by atoms with E-state index >= 15 is 0 Å². The Morgan fingerprint density at radius 2 is 2.14 bits per heavy atom. The Balaban J connectivity index is 2.66. The molecule has 0 aliphatic rings. The van der Waals surface area contributed by atoms with Gasteiger partial charge in [-0.3, -0.25) is 4.79 Å². The first-order valence-corrected chi connectivity index (χ1v) is 8.28. The minimum Gasteiger partial charge on any atom is -0.481 e. The molecule has 0 aliphatic heterocycles. The van der Waals surface area contributed by atoms with Crippen LogP contribution in [0.1, 0.15) is 38.5 Å². The van der Waals surface area contributed by atoms with Crippen LogP contribution in [0.4, 0.5) is 4.79 Å². The van der Waals surface area contributed by atoms with Crippen molar-refractivity contribution in [1.29, 1.82) is 0 Å². The molecule has 1 unspecified atom stereocenters. The van der Waals surface area contributed by atoms with Crippen molar-refractivity contribution in [1.82, 2.24) is 5.32 Å². The molecule has 5 nitrogen and oxygen atoms in total. The summed E-state index contributed by atoms with van der Waals surface area (Å²) in [7, 11) is 0. The van der Waals surface area contributed by atoms with Crippen LogP contribution in [0.15, 0.2) is 15.9 Å². The van der Waals surface area contributed by atoms with E-state index in [0.29, 0.717) is 12.8 Å². The fraction of sp³-hybridized carbons (Fsp3) is 0.571. The molecule has 0 saturated heterocycles. The Labute approximate surface area is 136 Å². The summed E-state index contributed by atoms with van der Waals surface area (Å²) in [6.07, 6.45) is 0.415. The van der Waals surface area contributed by atoms with E-state index in [-0.39, 0.29) is 12.5 Å². The molecule has 1 heterocycles. The fourth-order valence-corrected chi connectivity index (χ4v) is 3.29. The van der Waals surface area contributed by atoms with Gasteiger partial charge in [0.15, 0.2) is 0 Å². The average molecular weight is 378 g/mol. The van der Waals surface area contributed by atoms with Crippen molar-refractivity contribution in [3.8, 4) is 0 Å². The molecule has 21 heavy (non-hydrogen) atoms. The molecule has 0 aromatic carbocycles. The van der Waals surface area contributed by atoms with Crippen molar-refractivity contribution in [3.63, 3.8) is 0 Å². The first kappa shape index (κ1) is 18.0. The standard InChI is InChI=1S/C14H20BrNO4S/c1-14(2,3)20-13(19)16-9(4-5-12(17)18)8-11-10(15)6-7-21-11/h6-7,9H,4-5,8H2,1-3H3,(H,16,19)(H,17,18). The maximum atomic E-state index is 11.8. The molecule has 0 radical (unpaired) electrons. The van der Waals surface area contributed by atoms with E-state index in [9.17, 15) is 9.59 Å². The van der Waals surface area contributed by atoms with Gasteiger partial charge in [-0.25, -0.2) is 4.79 Å². The van der Waals surface area contributed by atoms with Crippen molar-refractivity contribution < 1.29 is 19.4 Å². The average Bonchev–Trinajstić information content (AvgIpc) is 2.69. The van der Waals surface area contributed by atoms with E-state index in [1.165, 1.54) is 0 Å². The summed E-state index contributed by atoms with van der Waals surface area (Å²) < 4.78 is 6.19. The Morgan fingerprint density at radius 1 is 1.48 bits per heavy atom. The maximum Gasteiger partial charge on any atom is 0.407 e. The van der Waals surface area contributed by atoms with Gasteiger partial charge in [0.05, 0.1) is 0 Å². The number of hydrogen-bond donors (Lipinski definition) is 2. The molecule has 0 bridgehead atoms. The molecule has 2 N–H and O–H groups in total. The number of carboxylic acids is 1. The number of amides is 1. The number of thiophene rings is 1. The van der Waals surface area contributed by atoms with Gasteiger partial charge in [0.25, 0.3) is 0 Å². The zero-order valence-corrected chi connectivity index (χ0v) is 14.7. The normalized spacial score (nSPS) is 12.8. The molecular weight excluding hydrogens is 358 g/mol. The summed E-state index contributed by atoms with van der Waals surface area (Å²) in [5.41, 5.74) is -0.578. The van der Waals surface area contributed by atoms with E-state index in [1.54, 1.807) is 32.1 Å². The topological polar surface area (TPSA) is 75.6 Å². The summed E-state index contributed by atoms with van der Waals surface area (Å²) >= 11 is 5.01. The number of aliphatic carboxylic acids is 1. The lowest BCUT2D eigenvalue weighted by Gasteiger charge is -2.23. The van der Waals surface area contributed by atoms with Crippen molar-refractivity contribution in [3.05, 3.63) is 20.8 Å². The summed E-state index contributed by atoms with van der Waals surface area (Å²) in [4.78, 5) is 23.6. The second-order valence-corrected chi connectivity index (χ2v) is 7.53. The Morgan fingerprint density at radius 3 is 2.62 bits per heavy atom. The largest absolute Gasteiger partial charge is 0.481 e. The summed E-state index contributed by atoms with van der Waals surface area (Å²) in [6.45, 7) is 5.36. The smallest absolute Gasteiger partial charge is 0.407 e. The molecule has 0 fully saturated rings. The predicted octanol–water partition coefficient (Wildman–Crippen LogP) is 3.81. The SMILES string of the molecule is CC(C)(C)OC(=O)NC(CCC(=O)O)Cc1sccc1Br. The maximum absolute atomic E-state index is 11.8. The quantitative estimate of drug-likeness (QED) is 0.789. The van der Waals surface area contributed by atoms with Gasteiger partial charge in [-0.05, 0) is 54.6 Å². The van der Waals surface area contributed by atoms with Crippen LogP contribution in [0, 0.1) is 0 Å². The Bertz CT molecular complexity index is 495. The molecular formula is C14H20BrNO4S. The molecule has 1 atom stereocenters. The van der Waals surface area contributed by atoms with Gasteiger partial charge in [-0.1, -0.05) is 0 Å². The molecule has 1 aromatic heterocycles. The van der Waals surface area contributed by atoms with Crippen LogP contribution < -0.4 is 5.32 Å². The number of nitrogens with one attached hydrogen (secondary N) is 1. The molecule has 0 saturated carbocycles. The Kier molecular flexibility index (Phi) is 6.67. The highest BCUT2D eigenvalue weighted by Gasteiger charge is 2.21. The third-order valence-corrected chi connectivity index (χ3v) is 4.50. The molecule has 1 rings (SSSR count). The minimum absolute atomic E-state index is 0.00343. The van der Waals surface area contributed by atoms with E-state index in [1.807, 2.05) is 11.4 Å². The number of carboxylic acid groups (broad SMARTS) is 1. The molecule has 7 heteroatoms. The number of carbonyl (C=O) groups excluding carboxylic acids is 1. The molecule has 0 spiro atoms. The fourth-order valence-electron chi connectivity index (χ4n) is 1.69. The van der Waals surface area contributed by atoms with E-state index < -0.39 is 17.7 Å². The van der Waals surface area contributed by atoms with E-state index in [2.05, 4.69) is 21.2 Å². The highest BCUT2D eigenvalue weighted by molar-refractivity contribution is 9.10. The van der Waals surface area contributed by atoms with Gasteiger partial charge in [-0.2, -0.15) is 0 Å². The summed E-state index contributed by atoms with van der Waals surface area (Å²) in [5, 5.41) is 13.5. The number of hydrogen-bond acceptors (Lipinski definition) is 4. The van der Waals surface area contributed by atoms with Gasteiger partial charge in [-0.15, -0.1) is 11.3 Å². The number of halogens is 1. The molecule has 1 amide bonds. The van der Waals surface area contributed by atoms with Crippen LogP contribution in [0.5, 0.6) is 0 Å². The summed E-state index contributed by atoms with van der Waals surface area (Å²) in [6, 6.07) is 1.66. The van der Waals surface area contributed by atoms with Gasteiger partial charge in [0, 0.05) is 28.2 Å². The van der Waals surface area contributed by atoms with E-state index in [4.69, 9.17) is 9.84 Å². The van der Waals surface area contributed by atoms with Crippen LogP contribution >= 0.6 is 27.3 Å². The number of rotatable bonds is 6. The van der Waals surface area contributed by atoms with Crippen molar-refractivity contribution >= 4 is 39.3 Å². The first-order valence-electron chi connectivity index (χ1n) is 6.60. The third-order valence-electron chi connectivity index (χ3n) is 2.55.